The number of aryl methyl sites for hydroxylation is 1. The van der Waals surface area contributed by atoms with Crippen molar-refractivity contribution in [2.45, 2.75) is 13.8 Å². The van der Waals surface area contributed by atoms with Crippen LogP contribution in [0, 0.1) is 6.92 Å². The van der Waals surface area contributed by atoms with Crippen molar-refractivity contribution in [2.24, 2.45) is 0 Å². The van der Waals surface area contributed by atoms with E-state index in [2.05, 4.69) is 5.48 Å². The standard InChI is InChI=1S/C14H19ClN2O3/c1-10-6-5-7-12(15)14(10)17(13(18)9-19-3)11(2)8-16-20-4/h5-8,16H,9H2,1-4H3. The fourth-order valence-corrected chi connectivity index (χ4v) is 2.11. The third-order valence-electron chi connectivity index (χ3n) is 2.67. The average Bonchev–Trinajstić information content (AvgIpc) is 2.40. The molecule has 1 amide bonds. The van der Waals surface area contributed by atoms with E-state index in [0.717, 1.165) is 5.56 Å². The number of hydrogen-bond acceptors (Lipinski definition) is 4. The summed E-state index contributed by atoms with van der Waals surface area (Å²) in [4.78, 5) is 18.6. The molecule has 0 radical (unpaired) electrons. The molecule has 0 spiro atoms. The number of carbonyl (C=O) groups excluding carboxylic acids is 1. The van der Waals surface area contributed by atoms with Gasteiger partial charge >= 0.3 is 0 Å². The van der Waals surface area contributed by atoms with Crippen molar-refractivity contribution in [2.75, 3.05) is 25.7 Å². The van der Waals surface area contributed by atoms with E-state index in [1.807, 2.05) is 19.1 Å². The summed E-state index contributed by atoms with van der Waals surface area (Å²) < 4.78 is 4.93. The Labute approximate surface area is 124 Å². The number of nitrogens with zero attached hydrogens (tertiary/aromatic N) is 1. The van der Waals surface area contributed by atoms with E-state index >= 15 is 0 Å². The number of para-hydroxylation sites is 1. The topological polar surface area (TPSA) is 50.8 Å². The SMILES string of the molecule is COCC(=O)N(C(C)=CNOC)c1c(C)cccc1Cl. The van der Waals surface area contributed by atoms with Crippen molar-refractivity contribution < 1.29 is 14.4 Å². The predicted octanol–water partition coefficient (Wildman–Crippen LogP) is 2.64. The van der Waals surface area contributed by atoms with Crippen molar-refractivity contribution in [1.82, 2.24) is 5.48 Å². The van der Waals surface area contributed by atoms with Crippen LogP contribution in [0.4, 0.5) is 5.69 Å². The second-order valence-corrected chi connectivity index (χ2v) is 4.58. The lowest BCUT2D eigenvalue weighted by molar-refractivity contribution is -0.121. The van der Waals surface area contributed by atoms with Crippen LogP contribution in [0.1, 0.15) is 12.5 Å². The zero-order valence-electron chi connectivity index (χ0n) is 12.1. The van der Waals surface area contributed by atoms with Crippen LogP contribution in [0.5, 0.6) is 0 Å². The first-order chi connectivity index (χ1) is 9.52. The van der Waals surface area contributed by atoms with E-state index < -0.39 is 0 Å². The number of anilines is 1. The van der Waals surface area contributed by atoms with Crippen LogP contribution in [-0.4, -0.2) is 26.7 Å². The highest BCUT2D eigenvalue weighted by Gasteiger charge is 2.21. The number of hydrogen-bond donors (Lipinski definition) is 1. The van der Waals surface area contributed by atoms with Gasteiger partial charge in [-0.1, -0.05) is 23.7 Å². The number of methoxy groups -OCH3 is 1. The summed E-state index contributed by atoms with van der Waals surface area (Å²) >= 11 is 6.23. The van der Waals surface area contributed by atoms with Gasteiger partial charge in [0.25, 0.3) is 5.91 Å². The Kier molecular flexibility index (Phi) is 6.51. The van der Waals surface area contributed by atoms with Gasteiger partial charge < -0.3 is 4.74 Å². The fraction of sp³-hybridized carbons (Fsp3) is 0.357. The Balaban J connectivity index is 3.27. The third-order valence-corrected chi connectivity index (χ3v) is 2.97. The quantitative estimate of drug-likeness (QED) is 0.820. The highest BCUT2D eigenvalue weighted by Crippen LogP contribution is 2.31. The minimum absolute atomic E-state index is 0.0389. The monoisotopic (exact) mass is 298 g/mol. The van der Waals surface area contributed by atoms with Gasteiger partial charge in [-0.15, -0.1) is 0 Å². The maximum atomic E-state index is 12.3. The van der Waals surface area contributed by atoms with Gasteiger partial charge in [0.05, 0.1) is 17.8 Å². The molecular weight excluding hydrogens is 280 g/mol. The van der Waals surface area contributed by atoms with Gasteiger partial charge in [0.2, 0.25) is 0 Å². The van der Waals surface area contributed by atoms with Crippen LogP contribution in [-0.2, 0) is 14.4 Å². The van der Waals surface area contributed by atoms with E-state index in [0.29, 0.717) is 16.4 Å². The van der Waals surface area contributed by atoms with E-state index in [-0.39, 0.29) is 12.5 Å². The first-order valence-electron chi connectivity index (χ1n) is 6.05. The van der Waals surface area contributed by atoms with Crippen molar-refractivity contribution in [1.29, 1.82) is 0 Å². The molecule has 110 valence electrons. The molecule has 1 N–H and O–H groups in total. The Morgan fingerprint density at radius 2 is 2.15 bits per heavy atom. The molecule has 0 saturated heterocycles. The Morgan fingerprint density at radius 3 is 2.70 bits per heavy atom. The molecule has 0 aliphatic carbocycles. The largest absolute Gasteiger partial charge is 0.375 e. The number of ether oxygens (including phenoxy) is 1. The maximum Gasteiger partial charge on any atom is 0.257 e. The van der Waals surface area contributed by atoms with Gasteiger partial charge in [-0.25, -0.2) is 0 Å². The molecule has 0 unspecified atom stereocenters. The number of carbonyl (C=O) groups is 1. The smallest absolute Gasteiger partial charge is 0.257 e. The molecule has 0 aromatic heterocycles. The zero-order chi connectivity index (χ0) is 15.1. The average molecular weight is 299 g/mol. The first kappa shape index (κ1) is 16.5. The summed E-state index contributed by atoms with van der Waals surface area (Å²) in [5, 5.41) is 0.500. The molecule has 0 bridgehead atoms. The summed E-state index contributed by atoms with van der Waals surface area (Å²) in [5.74, 6) is -0.213. The highest BCUT2D eigenvalue weighted by atomic mass is 35.5. The Bertz CT molecular complexity index is 483. The molecular formula is C14H19ClN2O3. The molecule has 0 saturated carbocycles. The number of hydroxylamine groups is 1. The van der Waals surface area contributed by atoms with Crippen LogP contribution in [0.2, 0.25) is 5.02 Å². The van der Waals surface area contributed by atoms with Crippen LogP contribution < -0.4 is 10.4 Å². The summed E-state index contributed by atoms with van der Waals surface area (Å²) in [5.41, 5.74) is 4.77. The van der Waals surface area contributed by atoms with E-state index in [4.69, 9.17) is 21.2 Å². The number of nitrogens with one attached hydrogen (secondary N) is 1. The second kappa shape index (κ2) is 7.89. The second-order valence-electron chi connectivity index (χ2n) is 4.18. The normalized spacial score (nSPS) is 11.3. The van der Waals surface area contributed by atoms with Gasteiger partial charge in [-0.2, -0.15) is 0 Å². The summed E-state index contributed by atoms with van der Waals surface area (Å²) in [7, 11) is 2.97. The molecule has 0 atom stereocenters. The number of allylic oxidation sites excluding steroid dienone is 1. The molecule has 6 heteroatoms. The van der Waals surface area contributed by atoms with Crippen molar-refractivity contribution in [3.63, 3.8) is 0 Å². The molecule has 0 aliphatic rings. The minimum atomic E-state index is -0.213. The number of rotatable bonds is 6. The van der Waals surface area contributed by atoms with Gasteiger partial charge in [-0.05, 0) is 25.5 Å². The van der Waals surface area contributed by atoms with Crippen LogP contribution in [0.25, 0.3) is 0 Å². The molecule has 1 aromatic carbocycles. The number of benzene rings is 1. The lowest BCUT2D eigenvalue weighted by atomic mass is 10.1. The predicted molar refractivity (Wildman–Crippen MR) is 79.5 cm³/mol. The van der Waals surface area contributed by atoms with E-state index in [9.17, 15) is 4.79 Å². The van der Waals surface area contributed by atoms with Crippen LogP contribution >= 0.6 is 11.6 Å². The van der Waals surface area contributed by atoms with Gasteiger partial charge in [-0.3, -0.25) is 20.0 Å². The van der Waals surface area contributed by atoms with Crippen LogP contribution in [0.15, 0.2) is 30.1 Å². The fourth-order valence-electron chi connectivity index (χ4n) is 1.80. The van der Waals surface area contributed by atoms with Crippen molar-refractivity contribution in [3.8, 4) is 0 Å². The Morgan fingerprint density at radius 1 is 1.45 bits per heavy atom. The maximum absolute atomic E-state index is 12.3. The number of halogens is 1. The van der Waals surface area contributed by atoms with Gasteiger partial charge in [0.15, 0.2) is 0 Å². The lowest BCUT2D eigenvalue weighted by Crippen LogP contribution is -2.33. The van der Waals surface area contributed by atoms with E-state index in [1.54, 1.807) is 19.2 Å². The molecule has 1 aromatic rings. The molecule has 0 heterocycles. The lowest BCUT2D eigenvalue weighted by Gasteiger charge is -2.26. The summed E-state index contributed by atoms with van der Waals surface area (Å²) in [6.45, 7) is 3.64. The summed E-state index contributed by atoms with van der Waals surface area (Å²) in [6.07, 6.45) is 1.58. The molecule has 5 nitrogen and oxygen atoms in total. The minimum Gasteiger partial charge on any atom is -0.375 e. The van der Waals surface area contributed by atoms with Gasteiger partial charge in [0, 0.05) is 19.0 Å². The number of amides is 1. The highest BCUT2D eigenvalue weighted by molar-refractivity contribution is 6.34. The van der Waals surface area contributed by atoms with E-state index in [1.165, 1.54) is 19.1 Å². The molecule has 0 fully saturated rings. The third kappa shape index (κ3) is 3.96. The summed E-state index contributed by atoms with van der Waals surface area (Å²) in [6, 6.07) is 5.48. The van der Waals surface area contributed by atoms with Crippen molar-refractivity contribution >= 4 is 23.2 Å². The van der Waals surface area contributed by atoms with Crippen LogP contribution in [0.3, 0.4) is 0 Å². The molecule has 0 aliphatic heterocycles. The first-order valence-corrected chi connectivity index (χ1v) is 6.43. The molecule has 20 heavy (non-hydrogen) atoms. The van der Waals surface area contributed by atoms with Crippen molar-refractivity contribution in [3.05, 3.63) is 40.7 Å². The zero-order valence-corrected chi connectivity index (χ0v) is 12.8. The molecule has 1 rings (SSSR count). The van der Waals surface area contributed by atoms with Gasteiger partial charge in [0.1, 0.15) is 6.61 Å². The Hall–Kier alpha value is -1.56.